The monoisotopic (exact) mass is 421 g/mol. The molecule has 0 unspecified atom stereocenters. The average molecular weight is 422 g/mol. The van der Waals surface area contributed by atoms with Gasteiger partial charge in [0.2, 0.25) is 10.0 Å². The molecule has 6 nitrogen and oxygen atoms in total. The second-order valence-electron chi connectivity index (χ2n) is 7.39. The number of hydrogen-bond acceptors (Lipinski definition) is 4. The third kappa shape index (κ3) is 4.42. The molecule has 0 radical (unpaired) electrons. The molecule has 30 heavy (non-hydrogen) atoms. The number of pyridine rings is 1. The van der Waals surface area contributed by atoms with E-state index in [-0.39, 0.29) is 23.4 Å². The number of carbonyl (C=O) groups is 1. The van der Waals surface area contributed by atoms with Gasteiger partial charge in [0.05, 0.1) is 23.2 Å². The highest BCUT2D eigenvalue weighted by atomic mass is 32.2. The Morgan fingerprint density at radius 2 is 1.87 bits per heavy atom. The Bertz CT molecular complexity index is 1180. The number of benzene rings is 2. The zero-order chi connectivity index (χ0) is 21.1. The predicted octanol–water partition coefficient (Wildman–Crippen LogP) is 3.29. The van der Waals surface area contributed by atoms with Crippen molar-refractivity contribution in [3.05, 3.63) is 94.8 Å². The molecule has 0 saturated heterocycles. The molecular weight excluding hydrogens is 398 g/mol. The van der Waals surface area contributed by atoms with Gasteiger partial charge in [-0.25, -0.2) is 13.1 Å². The first-order chi connectivity index (χ1) is 14.4. The SMILES string of the molecule is Cc1cccc(CNS(=O)(=O)c2ccc3c(c2)[C@H](NC(=O)c2ccccc2)CC3)n1. The number of nitrogens with one attached hydrogen (secondary N) is 2. The van der Waals surface area contributed by atoms with Crippen molar-refractivity contribution in [3.63, 3.8) is 0 Å². The first kappa shape index (κ1) is 20.3. The lowest BCUT2D eigenvalue weighted by Crippen LogP contribution is -2.27. The maximum Gasteiger partial charge on any atom is 0.251 e. The minimum atomic E-state index is -3.70. The second kappa shape index (κ2) is 8.38. The third-order valence-electron chi connectivity index (χ3n) is 5.24. The number of nitrogens with zero attached hydrogens (tertiary/aromatic N) is 1. The minimum absolute atomic E-state index is 0.120. The summed E-state index contributed by atoms with van der Waals surface area (Å²) in [6.07, 6.45) is 1.55. The van der Waals surface area contributed by atoms with E-state index in [0.29, 0.717) is 11.3 Å². The van der Waals surface area contributed by atoms with Crippen LogP contribution >= 0.6 is 0 Å². The van der Waals surface area contributed by atoms with Crippen molar-refractivity contribution in [2.24, 2.45) is 0 Å². The van der Waals surface area contributed by atoms with Crippen LogP contribution in [0.5, 0.6) is 0 Å². The Kier molecular flexibility index (Phi) is 5.65. The summed E-state index contributed by atoms with van der Waals surface area (Å²) >= 11 is 0. The molecule has 3 aromatic rings. The fourth-order valence-corrected chi connectivity index (χ4v) is 4.71. The van der Waals surface area contributed by atoms with Gasteiger partial charge in [-0.05, 0) is 67.3 Å². The van der Waals surface area contributed by atoms with Gasteiger partial charge in [0, 0.05) is 11.3 Å². The highest BCUT2D eigenvalue weighted by Crippen LogP contribution is 2.33. The Morgan fingerprint density at radius 1 is 1.07 bits per heavy atom. The van der Waals surface area contributed by atoms with E-state index in [1.54, 1.807) is 30.3 Å². The topological polar surface area (TPSA) is 88.2 Å². The molecule has 154 valence electrons. The van der Waals surface area contributed by atoms with Crippen molar-refractivity contribution in [3.8, 4) is 0 Å². The smallest absolute Gasteiger partial charge is 0.251 e. The summed E-state index contributed by atoms with van der Waals surface area (Å²) in [5, 5.41) is 3.03. The van der Waals surface area contributed by atoms with Crippen LogP contribution in [0.25, 0.3) is 0 Å². The molecule has 1 atom stereocenters. The van der Waals surface area contributed by atoms with Gasteiger partial charge in [0.25, 0.3) is 5.91 Å². The Hall–Kier alpha value is -3.03. The zero-order valence-corrected chi connectivity index (χ0v) is 17.4. The predicted molar refractivity (Wildman–Crippen MR) is 114 cm³/mol. The molecule has 2 aromatic carbocycles. The highest BCUT2D eigenvalue weighted by molar-refractivity contribution is 7.89. The Morgan fingerprint density at radius 3 is 2.63 bits per heavy atom. The average Bonchev–Trinajstić information content (AvgIpc) is 3.15. The molecular formula is C23H23N3O3S. The summed E-state index contributed by atoms with van der Waals surface area (Å²) < 4.78 is 28.2. The number of rotatable bonds is 6. The Balaban J connectivity index is 1.51. The summed E-state index contributed by atoms with van der Waals surface area (Å²) in [7, 11) is -3.70. The summed E-state index contributed by atoms with van der Waals surface area (Å²) in [6, 6.07) is 19.4. The van der Waals surface area contributed by atoms with Crippen LogP contribution in [0.15, 0.2) is 71.6 Å². The Labute approximate surface area is 176 Å². The molecule has 1 aromatic heterocycles. The van der Waals surface area contributed by atoms with Gasteiger partial charge in [0.15, 0.2) is 0 Å². The number of sulfonamides is 1. The van der Waals surface area contributed by atoms with Crippen LogP contribution in [0, 0.1) is 6.92 Å². The van der Waals surface area contributed by atoms with Crippen LogP contribution in [0.2, 0.25) is 0 Å². The van der Waals surface area contributed by atoms with Gasteiger partial charge >= 0.3 is 0 Å². The molecule has 1 amide bonds. The summed E-state index contributed by atoms with van der Waals surface area (Å²) in [5.41, 5.74) is 4.00. The molecule has 7 heteroatoms. The maximum absolute atomic E-state index is 12.8. The fraction of sp³-hybridized carbons (Fsp3) is 0.217. The standard InChI is InChI=1S/C23H23N3O3S/c1-16-6-5-9-19(25-16)15-24-30(28,29)20-12-10-17-11-13-22(21(17)14-20)26-23(27)18-7-3-2-4-8-18/h2-10,12,14,22,24H,11,13,15H2,1H3,(H,26,27)/t22-/m1/s1. The van der Waals surface area contributed by atoms with Crippen LogP contribution in [-0.4, -0.2) is 19.3 Å². The molecule has 1 aliphatic carbocycles. The van der Waals surface area contributed by atoms with Crippen LogP contribution in [-0.2, 0) is 23.0 Å². The highest BCUT2D eigenvalue weighted by Gasteiger charge is 2.26. The van der Waals surface area contributed by atoms with Crippen LogP contribution in [0.3, 0.4) is 0 Å². The van der Waals surface area contributed by atoms with Gasteiger partial charge in [-0.3, -0.25) is 9.78 Å². The van der Waals surface area contributed by atoms with E-state index in [0.717, 1.165) is 29.7 Å². The van der Waals surface area contributed by atoms with Crippen molar-refractivity contribution in [1.82, 2.24) is 15.0 Å². The van der Waals surface area contributed by atoms with E-state index in [1.165, 1.54) is 0 Å². The summed E-state index contributed by atoms with van der Waals surface area (Å²) in [6.45, 7) is 1.98. The molecule has 1 aliphatic rings. The van der Waals surface area contributed by atoms with E-state index in [2.05, 4.69) is 15.0 Å². The number of amides is 1. The third-order valence-corrected chi connectivity index (χ3v) is 6.63. The lowest BCUT2D eigenvalue weighted by Gasteiger charge is -2.15. The van der Waals surface area contributed by atoms with Crippen LogP contribution in [0.4, 0.5) is 0 Å². The van der Waals surface area contributed by atoms with Gasteiger partial charge < -0.3 is 5.32 Å². The molecule has 0 saturated carbocycles. The molecule has 0 spiro atoms. The van der Waals surface area contributed by atoms with Crippen molar-refractivity contribution in [2.45, 2.75) is 37.2 Å². The van der Waals surface area contributed by atoms with Crippen molar-refractivity contribution in [2.75, 3.05) is 0 Å². The molecule has 2 N–H and O–H groups in total. The van der Waals surface area contributed by atoms with Gasteiger partial charge in [-0.2, -0.15) is 0 Å². The fourth-order valence-electron chi connectivity index (χ4n) is 3.68. The number of fused-ring (bicyclic) bond motifs is 1. The quantitative estimate of drug-likeness (QED) is 0.639. The van der Waals surface area contributed by atoms with E-state index >= 15 is 0 Å². The number of aromatic nitrogens is 1. The summed E-state index contributed by atoms with van der Waals surface area (Å²) in [4.78, 5) is 17.0. The molecule has 0 aliphatic heterocycles. The van der Waals surface area contributed by atoms with Crippen LogP contribution in [0.1, 0.15) is 45.3 Å². The minimum Gasteiger partial charge on any atom is -0.345 e. The van der Waals surface area contributed by atoms with E-state index in [4.69, 9.17) is 0 Å². The van der Waals surface area contributed by atoms with E-state index in [9.17, 15) is 13.2 Å². The number of hydrogen-bond donors (Lipinski definition) is 2. The largest absolute Gasteiger partial charge is 0.345 e. The molecule has 0 bridgehead atoms. The van der Waals surface area contributed by atoms with E-state index < -0.39 is 10.0 Å². The van der Waals surface area contributed by atoms with Crippen molar-refractivity contribution in [1.29, 1.82) is 0 Å². The number of aryl methyl sites for hydroxylation is 2. The molecule has 4 rings (SSSR count). The lowest BCUT2D eigenvalue weighted by atomic mass is 10.1. The first-order valence-electron chi connectivity index (χ1n) is 9.83. The van der Waals surface area contributed by atoms with Crippen molar-refractivity contribution >= 4 is 15.9 Å². The van der Waals surface area contributed by atoms with E-state index in [1.807, 2.05) is 43.3 Å². The first-order valence-corrected chi connectivity index (χ1v) is 11.3. The second-order valence-corrected chi connectivity index (χ2v) is 9.15. The molecule has 1 heterocycles. The van der Waals surface area contributed by atoms with Gasteiger partial charge in [-0.15, -0.1) is 0 Å². The summed E-state index contributed by atoms with van der Waals surface area (Å²) in [5.74, 6) is -0.162. The number of carbonyl (C=O) groups excluding carboxylic acids is 1. The van der Waals surface area contributed by atoms with Gasteiger partial charge in [0.1, 0.15) is 0 Å². The maximum atomic E-state index is 12.8. The molecule has 0 fully saturated rings. The van der Waals surface area contributed by atoms with Crippen LogP contribution < -0.4 is 10.0 Å². The lowest BCUT2D eigenvalue weighted by molar-refractivity contribution is 0.0936. The van der Waals surface area contributed by atoms with Gasteiger partial charge in [-0.1, -0.05) is 30.3 Å². The normalized spacial score (nSPS) is 15.6. The van der Waals surface area contributed by atoms with Crippen molar-refractivity contribution < 1.29 is 13.2 Å². The zero-order valence-electron chi connectivity index (χ0n) is 16.6.